The average Bonchev–Trinajstić information content (AvgIpc) is 0.776. The Morgan fingerprint density at radius 1 is 0.322 bits per heavy atom. The molecule has 11 nitrogen and oxygen atoms in total. The van der Waals surface area contributed by atoms with Crippen molar-refractivity contribution in [3.63, 3.8) is 0 Å². The van der Waals surface area contributed by atoms with E-state index in [9.17, 15) is 0 Å². The summed E-state index contributed by atoms with van der Waals surface area (Å²) in [5.74, 6) is 0. The first-order valence-electron chi connectivity index (χ1n) is 38.5. The van der Waals surface area contributed by atoms with Gasteiger partial charge in [-0.15, -0.1) is 0 Å². The van der Waals surface area contributed by atoms with Crippen molar-refractivity contribution < 1.29 is 34.9 Å². The van der Waals surface area contributed by atoms with E-state index in [1.54, 1.807) is 14.2 Å². The summed E-state index contributed by atoms with van der Waals surface area (Å²) in [5.41, 5.74) is 9.79. The first-order valence-corrected chi connectivity index (χ1v) is 54.3. The van der Waals surface area contributed by atoms with Gasteiger partial charge in [0.05, 0.1) is 57.1 Å². The quantitative estimate of drug-likeness (QED) is 0.0122. The van der Waals surface area contributed by atoms with E-state index in [1.807, 2.05) is 72.8 Å². The van der Waals surface area contributed by atoms with Crippen molar-refractivity contribution in [2.45, 2.75) is 107 Å². The van der Waals surface area contributed by atoms with Crippen molar-refractivity contribution in [3.05, 3.63) is 336 Å². The molecule has 0 bridgehead atoms. The maximum Gasteiger partial charge on any atom is -0.0134 e. The van der Waals surface area contributed by atoms with E-state index in [-0.39, 0.29) is 30.2 Å². The van der Waals surface area contributed by atoms with Crippen LogP contribution >= 0.6 is 66.8 Å². The summed E-state index contributed by atoms with van der Waals surface area (Å²) in [5, 5.41) is 12.7. The topological polar surface area (TPSA) is 127 Å². The van der Waals surface area contributed by atoms with Crippen LogP contribution in [0.25, 0.3) is 66.4 Å². The van der Waals surface area contributed by atoms with Gasteiger partial charge in [-0.1, -0.05) is 257 Å². The number of aryl methyl sites for hydroxylation is 1. The van der Waals surface area contributed by atoms with Crippen LogP contribution in [0.5, 0.6) is 0 Å². The van der Waals surface area contributed by atoms with Crippen molar-refractivity contribution in [1.29, 1.82) is 0 Å². The van der Waals surface area contributed by atoms with Crippen LogP contribution in [0.2, 0.25) is 13.3 Å². The van der Waals surface area contributed by atoms with Crippen LogP contribution < -0.4 is 35.5 Å². The summed E-state index contributed by atoms with van der Waals surface area (Å²) in [6.07, 6.45) is 8.90. The second-order valence-corrected chi connectivity index (χ2v) is 48.3. The van der Waals surface area contributed by atoms with Crippen LogP contribution in [0.4, 0.5) is 0 Å². The number of benzene rings is 8. The number of ether oxygens (including phenoxy) is 4. The predicted octanol–water partition coefficient (Wildman–Crippen LogP) is 24.1. The van der Waals surface area contributed by atoms with Crippen molar-refractivity contribution in [2.24, 2.45) is 0 Å². The number of nitrogens with zero attached hydrogens (tertiary/aromatic N) is 7. The summed E-state index contributed by atoms with van der Waals surface area (Å²) in [7, 11) is 12.0. The summed E-state index contributed by atoms with van der Waals surface area (Å²) >= 11 is 4.26. The zero-order valence-corrected chi connectivity index (χ0v) is 76.2. The molecule has 0 radical (unpaired) electrons. The van der Waals surface area contributed by atoms with Crippen LogP contribution in [0.3, 0.4) is 0 Å². The molecule has 15 aromatic rings. The summed E-state index contributed by atoms with van der Waals surface area (Å²) in [6, 6.07) is 108. The maximum absolute atomic E-state index is 5.52. The van der Waals surface area contributed by atoms with Crippen molar-refractivity contribution in [2.75, 3.05) is 27.8 Å². The SMILES string of the molecule is Brc1ccc2ccc3ccc(Br)nc3c2n1.C.CCC[CH2][Sn]([CH2]CCC)([CH2]CCC)[c]1cccc(COCOC)n1.CCc1cccc(-c2ccc3ccc4ccc(-c5cccc(COCOC)n5)nc4c3n2)n1.[Cl][Pd][Cl].c1ccc(P(c2ccccc2)c2ccccc2)cc1.c1ccc(P(c2ccccc2)c2ccccc2)cc1. The second kappa shape index (κ2) is 50.3. The third-order valence-corrected chi connectivity index (χ3v) is 39.7. The molecule has 0 aliphatic carbocycles. The number of methoxy groups -OCH3 is 2. The molecule has 0 unspecified atom stereocenters. The zero-order chi connectivity index (χ0) is 80.0. The molecular formula is C96H101Br2Cl2N7O4P2PdSn. The monoisotopic (exact) mass is 1930 g/mol. The number of aromatic nitrogens is 7. The predicted molar refractivity (Wildman–Crippen MR) is 496 cm³/mol. The molecule has 0 fully saturated rings. The fraction of sp³-hybridized carbons (Fsp3) is 0.219. The van der Waals surface area contributed by atoms with Gasteiger partial charge in [0.25, 0.3) is 0 Å². The van der Waals surface area contributed by atoms with E-state index in [0.29, 0.717) is 20.0 Å². The molecule has 115 heavy (non-hydrogen) atoms. The molecule has 7 heterocycles. The second-order valence-electron chi connectivity index (χ2n) is 26.8. The number of pyridine rings is 7. The Kier molecular flexibility index (Phi) is 40.0. The molecule has 0 amide bonds. The number of fused-ring (bicyclic) bond motifs is 6. The molecule has 15 rings (SSSR count). The molecule has 7 aromatic heterocycles. The minimum absolute atomic E-state index is 0. The van der Waals surface area contributed by atoms with E-state index in [0.717, 1.165) is 99.1 Å². The van der Waals surface area contributed by atoms with Gasteiger partial charge in [-0.05, 0) is 134 Å². The molecule has 8 aromatic carbocycles. The molecule has 0 atom stereocenters. The van der Waals surface area contributed by atoms with Crippen LogP contribution in [0.15, 0.2) is 319 Å². The Hall–Kier alpha value is -7.45. The molecular weight excluding hydrogens is 1830 g/mol. The Labute approximate surface area is 720 Å². The van der Waals surface area contributed by atoms with Crippen LogP contribution in [0.1, 0.15) is 90.7 Å². The fourth-order valence-corrected chi connectivity index (χ4v) is 34.0. The molecule has 19 heteroatoms. The van der Waals surface area contributed by atoms with Crippen LogP contribution in [0, 0.1) is 0 Å². The Morgan fingerprint density at radius 2 is 0.600 bits per heavy atom. The number of halogens is 4. The fourth-order valence-electron chi connectivity index (χ4n) is 13.3. The molecule has 0 saturated heterocycles. The Balaban J connectivity index is 0.000000166. The standard InChI is InChI=1S/C27H24N4O2.2C18H15P.C12H6Br2N2.C8H10NO2.3C4H9.CH4.2ClH.Pd.Sn/c1-3-20-6-4-8-22(28-20)24-14-12-18-10-11-19-13-15-25(31-27(19)26(18)30-24)23-9-5-7-21(29-23)16-33-17-32-2;2*1-4-10-16(11-5-1)19(17-12-6-2-7-13-17)18-14-8-3-9-15-18;13-9-5-3-7-1-2-8-4-6-10(14)16-12(8)11(7)15-9;1-10-7-11-6-8-4-2-3-5-9-8;3*1-3-4-2;;;;;/h4-15H,3,16-17H2,1-2H3;2*1-15H;1-6H;2-4H,6-7H2,1H3;3*1,3-4H2,2H3;1H4;2*1H;;/q;;;;;;;;;;;+2;/p-2. The Bertz CT molecular complexity index is 4960. The number of hydrogen-bond acceptors (Lipinski definition) is 11. The minimum atomic E-state index is -2.41. The normalized spacial score (nSPS) is 11.0. The first kappa shape index (κ1) is 91.4. The van der Waals surface area contributed by atoms with Gasteiger partial charge in [0, 0.05) is 34.3 Å². The zero-order valence-electron chi connectivity index (χ0n) is 65.3. The van der Waals surface area contributed by atoms with E-state index in [1.165, 1.54) is 87.4 Å². The third-order valence-electron chi connectivity index (χ3n) is 18.8. The summed E-state index contributed by atoms with van der Waals surface area (Å²) < 4.78 is 28.4. The summed E-state index contributed by atoms with van der Waals surface area (Å²) in [4.78, 5) is 33.4. The van der Waals surface area contributed by atoms with Crippen molar-refractivity contribution in [1.82, 2.24) is 34.9 Å². The van der Waals surface area contributed by atoms with Gasteiger partial charge in [-0.2, -0.15) is 0 Å². The molecule has 0 saturated carbocycles. The van der Waals surface area contributed by atoms with E-state index in [4.69, 9.17) is 62.9 Å². The van der Waals surface area contributed by atoms with Crippen LogP contribution in [-0.2, 0) is 54.5 Å². The smallest absolute Gasteiger partial charge is 0.0134 e. The van der Waals surface area contributed by atoms with E-state index < -0.39 is 34.2 Å². The van der Waals surface area contributed by atoms with Gasteiger partial charge in [0.15, 0.2) is 0 Å². The van der Waals surface area contributed by atoms with Crippen molar-refractivity contribution >= 4 is 164 Å². The maximum atomic E-state index is 5.52. The minimum Gasteiger partial charge on any atom is -0.0622 e. The van der Waals surface area contributed by atoms with Gasteiger partial charge in [-0.3, -0.25) is 4.98 Å². The number of hydrogen-bond donors (Lipinski definition) is 0. The summed E-state index contributed by atoms with van der Waals surface area (Å²) in [6.45, 7) is 10.6. The largest absolute Gasteiger partial charge is 0.0622 e. The van der Waals surface area contributed by atoms with Crippen LogP contribution in [-0.4, -0.2) is 81.1 Å². The average molecular weight is 1930 g/mol. The molecule has 596 valence electrons. The third kappa shape index (κ3) is 27.6. The number of rotatable bonds is 27. The van der Waals surface area contributed by atoms with Gasteiger partial charge in [0.1, 0.15) is 16.0 Å². The van der Waals surface area contributed by atoms with Gasteiger partial charge in [-0.25, -0.2) is 24.9 Å². The Morgan fingerprint density at radius 3 is 0.922 bits per heavy atom. The van der Waals surface area contributed by atoms with E-state index >= 15 is 0 Å². The molecule has 0 aliphatic rings. The first-order chi connectivity index (χ1) is 56.0. The molecule has 0 spiro atoms. The molecule has 0 aliphatic heterocycles. The van der Waals surface area contributed by atoms with Crippen molar-refractivity contribution in [3.8, 4) is 22.8 Å². The van der Waals surface area contributed by atoms with Gasteiger partial charge >= 0.3 is 189 Å². The molecule has 0 N–H and O–H groups in total. The van der Waals surface area contributed by atoms with Gasteiger partial charge < -0.3 is 9.47 Å². The number of unbranched alkanes of at least 4 members (excludes halogenated alkanes) is 3. The van der Waals surface area contributed by atoms with Gasteiger partial charge in [0.2, 0.25) is 0 Å². The van der Waals surface area contributed by atoms with E-state index in [2.05, 4.69) is 306 Å².